The van der Waals surface area contributed by atoms with Crippen LogP contribution in [0.5, 0.6) is 0 Å². The molecule has 0 spiro atoms. The Morgan fingerprint density at radius 1 is 1.23 bits per heavy atom. The van der Waals surface area contributed by atoms with E-state index in [0.29, 0.717) is 6.42 Å². The molecule has 0 aromatic carbocycles. The van der Waals surface area contributed by atoms with Crippen LogP contribution in [0.1, 0.15) is 67.2 Å². The van der Waals surface area contributed by atoms with Gasteiger partial charge in [0.15, 0.2) is 0 Å². The first kappa shape index (κ1) is 21.2. The van der Waals surface area contributed by atoms with Gasteiger partial charge in [0.05, 0.1) is 5.60 Å². The van der Waals surface area contributed by atoms with Crippen LogP contribution in [-0.4, -0.2) is 34.0 Å². The van der Waals surface area contributed by atoms with Gasteiger partial charge in [-0.15, -0.1) is 0 Å². The summed E-state index contributed by atoms with van der Waals surface area (Å²) in [4.78, 5) is 11.8. The fourth-order valence-electron chi connectivity index (χ4n) is 5.95. The number of hydrogen-bond acceptors (Lipinski definition) is 4. The minimum absolute atomic E-state index is 0.00897. The van der Waals surface area contributed by atoms with E-state index in [1.165, 1.54) is 6.92 Å². The fraction of sp³-hybridized carbons (Fsp3) is 0.773. The number of ether oxygens (including phenoxy) is 1. The number of fused-ring (bicyclic) bond motifs is 1. The molecule has 2 aliphatic rings. The quantitative estimate of drug-likeness (QED) is 0.584. The molecule has 148 valence electrons. The van der Waals surface area contributed by atoms with E-state index in [0.717, 1.165) is 24.8 Å². The number of carbonyl (C=O) groups is 1. The lowest BCUT2D eigenvalue weighted by Crippen LogP contribution is -2.70. The first-order chi connectivity index (χ1) is 11.9. The summed E-state index contributed by atoms with van der Waals surface area (Å²) in [5, 5.41) is 22.4. The topological polar surface area (TPSA) is 66.8 Å². The van der Waals surface area contributed by atoms with Gasteiger partial charge in [-0.05, 0) is 49.9 Å². The summed E-state index contributed by atoms with van der Waals surface area (Å²) in [7, 11) is 0. The van der Waals surface area contributed by atoms with Crippen LogP contribution in [0.3, 0.4) is 0 Å². The first-order valence-electron chi connectivity index (χ1n) is 9.75. The van der Waals surface area contributed by atoms with Gasteiger partial charge in [-0.3, -0.25) is 4.79 Å². The van der Waals surface area contributed by atoms with Crippen molar-refractivity contribution in [2.24, 2.45) is 22.7 Å². The van der Waals surface area contributed by atoms with Crippen molar-refractivity contribution >= 4 is 5.97 Å². The predicted octanol–water partition coefficient (Wildman–Crippen LogP) is 4.01. The summed E-state index contributed by atoms with van der Waals surface area (Å²) in [6.07, 6.45) is 5.81. The third kappa shape index (κ3) is 3.50. The van der Waals surface area contributed by atoms with Crippen molar-refractivity contribution < 1.29 is 19.7 Å². The highest BCUT2D eigenvalue weighted by Gasteiger charge is 2.66. The van der Waals surface area contributed by atoms with Gasteiger partial charge in [0, 0.05) is 12.8 Å². The van der Waals surface area contributed by atoms with Gasteiger partial charge < -0.3 is 14.9 Å². The van der Waals surface area contributed by atoms with Crippen molar-refractivity contribution in [3.63, 3.8) is 0 Å². The van der Waals surface area contributed by atoms with Gasteiger partial charge >= 0.3 is 5.97 Å². The van der Waals surface area contributed by atoms with Gasteiger partial charge in [0.1, 0.15) is 12.2 Å². The summed E-state index contributed by atoms with van der Waals surface area (Å²) in [5.74, 6) is -0.545. The van der Waals surface area contributed by atoms with E-state index < -0.39 is 23.8 Å². The molecular weight excluding hydrogens is 328 g/mol. The lowest BCUT2D eigenvalue weighted by Gasteiger charge is -2.64. The van der Waals surface area contributed by atoms with E-state index in [2.05, 4.69) is 33.4 Å². The maximum atomic E-state index is 11.8. The molecule has 0 bridgehead atoms. The van der Waals surface area contributed by atoms with Crippen LogP contribution in [0.4, 0.5) is 0 Å². The minimum Gasteiger partial charge on any atom is -0.459 e. The molecule has 0 aromatic rings. The molecule has 0 aromatic heterocycles. The molecule has 4 nitrogen and oxygen atoms in total. The van der Waals surface area contributed by atoms with E-state index >= 15 is 0 Å². The van der Waals surface area contributed by atoms with Crippen LogP contribution in [-0.2, 0) is 9.53 Å². The number of allylic oxidation sites excluding steroid dienone is 3. The van der Waals surface area contributed by atoms with Gasteiger partial charge in [0.2, 0.25) is 0 Å². The predicted molar refractivity (Wildman–Crippen MR) is 103 cm³/mol. The minimum atomic E-state index is -1.34. The summed E-state index contributed by atoms with van der Waals surface area (Å²) >= 11 is 0. The van der Waals surface area contributed by atoms with Crippen molar-refractivity contribution in [3.05, 3.63) is 24.3 Å². The summed E-state index contributed by atoms with van der Waals surface area (Å²) in [6.45, 7) is 15.5. The number of hydrogen-bond donors (Lipinski definition) is 2. The Kier molecular flexibility index (Phi) is 5.80. The fourth-order valence-corrected chi connectivity index (χ4v) is 5.95. The Labute approximate surface area is 158 Å². The van der Waals surface area contributed by atoms with Crippen LogP contribution in [0, 0.1) is 22.7 Å². The van der Waals surface area contributed by atoms with Crippen LogP contribution >= 0.6 is 0 Å². The smallest absolute Gasteiger partial charge is 0.303 e. The van der Waals surface area contributed by atoms with Gasteiger partial charge in [-0.2, -0.15) is 0 Å². The Morgan fingerprint density at radius 2 is 1.85 bits per heavy atom. The number of rotatable bonds is 4. The number of aliphatic hydroxyl groups excluding tert-OH is 1. The maximum absolute atomic E-state index is 11.8. The molecule has 2 aliphatic carbocycles. The molecule has 0 unspecified atom stereocenters. The summed E-state index contributed by atoms with van der Waals surface area (Å²) in [5.41, 5.74) is -0.591. The van der Waals surface area contributed by atoms with Crippen molar-refractivity contribution in [2.45, 2.75) is 85.0 Å². The summed E-state index contributed by atoms with van der Waals surface area (Å²) in [6, 6.07) is 0. The van der Waals surface area contributed by atoms with Crippen molar-refractivity contribution in [1.82, 2.24) is 0 Å². The zero-order valence-corrected chi connectivity index (χ0v) is 17.2. The second-order valence-corrected chi connectivity index (χ2v) is 9.51. The molecular formula is C22H36O4. The lowest BCUT2D eigenvalue weighted by atomic mass is 9.43. The SMILES string of the molecule is C=C/C(C)=C\C[C@@H]1[C@@](C)(O)[C@H](O)[C@@H](OC(C)=O)[C@H]2C(C)(C)CCC[C@@]12C. The highest BCUT2D eigenvalue weighted by atomic mass is 16.6. The highest BCUT2D eigenvalue weighted by Crippen LogP contribution is 2.63. The Balaban J connectivity index is 2.56. The molecule has 6 atom stereocenters. The van der Waals surface area contributed by atoms with E-state index in [9.17, 15) is 15.0 Å². The molecule has 2 N–H and O–H groups in total. The van der Waals surface area contributed by atoms with Crippen LogP contribution in [0.2, 0.25) is 0 Å². The third-order valence-corrected chi connectivity index (χ3v) is 7.13. The Morgan fingerprint density at radius 3 is 2.38 bits per heavy atom. The molecule has 2 saturated carbocycles. The molecule has 0 amide bonds. The van der Waals surface area contributed by atoms with E-state index in [1.54, 1.807) is 13.0 Å². The van der Waals surface area contributed by atoms with Crippen molar-refractivity contribution in [2.75, 3.05) is 0 Å². The average Bonchev–Trinajstić information content (AvgIpc) is 2.50. The molecule has 0 aliphatic heterocycles. The maximum Gasteiger partial charge on any atom is 0.303 e. The first-order valence-corrected chi connectivity index (χ1v) is 9.75. The molecule has 4 heteroatoms. The van der Waals surface area contributed by atoms with Crippen LogP contribution < -0.4 is 0 Å². The van der Waals surface area contributed by atoms with Crippen molar-refractivity contribution in [3.8, 4) is 0 Å². The highest BCUT2D eigenvalue weighted by molar-refractivity contribution is 5.66. The largest absolute Gasteiger partial charge is 0.459 e. The normalized spacial score (nSPS) is 42.7. The molecule has 26 heavy (non-hydrogen) atoms. The second-order valence-electron chi connectivity index (χ2n) is 9.51. The van der Waals surface area contributed by atoms with Crippen molar-refractivity contribution in [1.29, 1.82) is 0 Å². The lowest BCUT2D eigenvalue weighted by molar-refractivity contribution is -0.270. The molecule has 2 fully saturated rings. The Bertz CT molecular complexity index is 589. The van der Waals surface area contributed by atoms with E-state index in [-0.39, 0.29) is 22.7 Å². The van der Waals surface area contributed by atoms with Crippen LogP contribution in [0.15, 0.2) is 24.3 Å². The van der Waals surface area contributed by atoms with E-state index in [4.69, 9.17) is 4.74 Å². The zero-order valence-electron chi connectivity index (χ0n) is 17.2. The van der Waals surface area contributed by atoms with Crippen LogP contribution in [0.25, 0.3) is 0 Å². The second kappa shape index (κ2) is 7.12. The van der Waals surface area contributed by atoms with E-state index in [1.807, 2.05) is 6.92 Å². The molecule has 0 heterocycles. The average molecular weight is 365 g/mol. The monoisotopic (exact) mass is 364 g/mol. The molecule has 0 radical (unpaired) electrons. The number of carbonyl (C=O) groups excluding carboxylic acids is 1. The molecule has 0 saturated heterocycles. The molecule has 2 rings (SSSR count). The Hall–Kier alpha value is -1.13. The third-order valence-electron chi connectivity index (χ3n) is 7.13. The zero-order chi connectivity index (χ0) is 19.9. The number of esters is 1. The van der Waals surface area contributed by atoms with Gasteiger partial charge in [-0.1, -0.05) is 51.5 Å². The van der Waals surface area contributed by atoms with Gasteiger partial charge in [0.25, 0.3) is 0 Å². The number of aliphatic hydroxyl groups is 2. The van der Waals surface area contributed by atoms with Gasteiger partial charge in [-0.25, -0.2) is 0 Å². The summed E-state index contributed by atoms with van der Waals surface area (Å²) < 4.78 is 5.62. The standard InChI is InChI=1S/C22H36O4/c1-8-14(2)10-11-16-21(6)13-9-12-20(4,5)18(21)17(26-15(3)23)19(24)22(16,7)25/h8,10,16-19,24-25H,1,9,11-13H2,2-7H3/b14-10-/t16-,17-,18-,19+,21-,22+/m0/s1.